The Balaban J connectivity index is 2.27. The molecule has 0 bridgehead atoms. The molecule has 0 saturated heterocycles. The number of carbonyl (C=O) groups is 2. The van der Waals surface area contributed by atoms with E-state index in [2.05, 4.69) is 0 Å². The van der Waals surface area contributed by atoms with Gasteiger partial charge in [-0.25, -0.2) is 4.79 Å². The molecule has 19 heavy (non-hydrogen) atoms. The van der Waals surface area contributed by atoms with Gasteiger partial charge in [0.2, 0.25) is 0 Å². The van der Waals surface area contributed by atoms with Crippen LogP contribution >= 0.6 is 0 Å². The van der Waals surface area contributed by atoms with Crippen LogP contribution < -0.4 is 0 Å². The fourth-order valence-electron chi connectivity index (χ4n) is 1.86. The molecule has 0 fully saturated rings. The van der Waals surface area contributed by atoms with Gasteiger partial charge in [-0.3, -0.25) is 4.79 Å². The summed E-state index contributed by atoms with van der Waals surface area (Å²) >= 11 is 0. The third-order valence-electron chi connectivity index (χ3n) is 2.99. The topological polar surface area (TPSA) is 54.4 Å². The zero-order chi connectivity index (χ0) is 13.8. The molecular formula is C16H14O3. The van der Waals surface area contributed by atoms with Crippen molar-refractivity contribution in [2.24, 2.45) is 0 Å². The molecule has 0 atom stereocenters. The highest BCUT2D eigenvalue weighted by Crippen LogP contribution is 2.20. The minimum Gasteiger partial charge on any atom is -0.478 e. The molecule has 0 aliphatic heterocycles. The standard InChI is InChI=1S/C16H14O3/c1-2-15(17)13-7-3-11(4-8-13)12-5-9-14(10-6-12)16(18)19/h3-10H,2H2,1H3,(H,18,19). The second kappa shape index (κ2) is 5.48. The van der Waals surface area contributed by atoms with Crippen molar-refractivity contribution in [3.8, 4) is 11.1 Å². The molecular weight excluding hydrogens is 240 g/mol. The summed E-state index contributed by atoms with van der Waals surface area (Å²) in [6.45, 7) is 1.83. The Kier molecular flexibility index (Phi) is 3.76. The summed E-state index contributed by atoms with van der Waals surface area (Å²) in [6.07, 6.45) is 0.493. The molecule has 0 heterocycles. The van der Waals surface area contributed by atoms with Crippen molar-refractivity contribution in [3.63, 3.8) is 0 Å². The molecule has 2 rings (SSSR count). The third-order valence-corrected chi connectivity index (χ3v) is 2.99. The second-order valence-corrected chi connectivity index (χ2v) is 4.24. The summed E-state index contributed by atoms with van der Waals surface area (Å²) in [5, 5.41) is 8.83. The van der Waals surface area contributed by atoms with Crippen LogP contribution in [0.4, 0.5) is 0 Å². The molecule has 2 aromatic carbocycles. The predicted molar refractivity (Wildman–Crippen MR) is 73.5 cm³/mol. The van der Waals surface area contributed by atoms with Crippen LogP contribution in [0.3, 0.4) is 0 Å². The number of aromatic carboxylic acids is 1. The first kappa shape index (κ1) is 13.0. The van der Waals surface area contributed by atoms with Crippen LogP contribution in [0.15, 0.2) is 48.5 Å². The zero-order valence-electron chi connectivity index (χ0n) is 10.6. The Bertz CT molecular complexity index is 595. The van der Waals surface area contributed by atoms with Gasteiger partial charge in [-0.15, -0.1) is 0 Å². The molecule has 0 aliphatic carbocycles. The summed E-state index contributed by atoms with van der Waals surface area (Å²) in [7, 11) is 0. The summed E-state index contributed by atoms with van der Waals surface area (Å²) in [5.41, 5.74) is 2.86. The van der Waals surface area contributed by atoms with Crippen molar-refractivity contribution in [1.82, 2.24) is 0 Å². The van der Waals surface area contributed by atoms with E-state index in [1.807, 2.05) is 19.1 Å². The number of ketones is 1. The number of carbonyl (C=O) groups excluding carboxylic acids is 1. The van der Waals surface area contributed by atoms with Crippen molar-refractivity contribution in [1.29, 1.82) is 0 Å². The number of benzene rings is 2. The van der Waals surface area contributed by atoms with Crippen molar-refractivity contribution in [2.45, 2.75) is 13.3 Å². The van der Waals surface area contributed by atoms with E-state index in [1.54, 1.807) is 36.4 Å². The van der Waals surface area contributed by atoms with E-state index in [0.717, 1.165) is 11.1 Å². The minimum atomic E-state index is -0.935. The second-order valence-electron chi connectivity index (χ2n) is 4.24. The van der Waals surface area contributed by atoms with Gasteiger partial charge in [0.1, 0.15) is 0 Å². The summed E-state index contributed by atoms with van der Waals surface area (Å²) in [4.78, 5) is 22.3. The molecule has 0 amide bonds. The van der Waals surface area contributed by atoms with E-state index in [-0.39, 0.29) is 11.3 Å². The van der Waals surface area contributed by atoms with Crippen molar-refractivity contribution >= 4 is 11.8 Å². The Hall–Kier alpha value is -2.42. The number of rotatable bonds is 4. The van der Waals surface area contributed by atoms with Crippen molar-refractivity contribution in [3.05, 3.63) is 59.7 Å². The first-order chi connectivity index (χ1) is 9.11. The van der Waals surface area contributed by atoms with Gasteiger partial charge in [0.05, 0.1) is 5.56 Å². The number of hydrogen-bond donors (Lipinski definition) is 1. The molecule has 0 spiro atoms. The van der Waals surface area contributed by atoms with Crippen LogP contribution in [0.1, 0.15) is 34.1 Å². The Labute approximate surface area is 111 Å². The number of hydrogen-bond acceptors (Lipinski definition) is 2. The molecule has 0 unspecified atom stereocenters. The monoisotopic (exact) mass is 254 g/mol. The van der Waals surface area contributed by atoms with Crippen LogP contribution in [0, 0.1) is 0 Å². The molecule has 3 nitrogen and oxygen atoms in total. The highest BCUT2D eigenvalue weighted by Gasteiger charge is 2.05. The molecule has 0 aliphatic rings. The van der Waals surface area contributed by atoms with Crippen LogP contribution in [-0.2, 0) is 0 Å². The maximum Gasteiger partial charge on any atom is 0.335 e. The van der Waals surface area contributed by atoms with Crippen LogP contribution in [0.2, 0.25) is 0 Å². The quantitative estimate of drug-likeness (QED) is 0.847. The van der Waals surface area contributed by atoms with Crippen molar-refractivity contribution in [2.75, 3.05) is 0 Å². The summed E-state index contributed by atoms with van der Waals surface area (Å²) < 4.78 is 0. The summed E-state index contributed by atoms with van der Waals surface area (Å²) in [5.74, 6) is -0.816. The Morgan fingerprint density at radius 1 is 0.842 bits per heavy atom. The van der Waals surface area contributed by atoms with Crippen LogP contribution in [0.25, 0.3) is 11.1 Å². The van der Waals surface area contributed by atoms with E-state index >= 15 is 0 Å². The van der Waals surface area contributed by atoms with E-state index in [0.29, 0.717) is 12.0 Å². The maximum absolute atomic E-state index is 11.5. The number of carboxylic acids is 1. The lowest BCUT2D eigenvalue weighted by Crippen LogP contribution is -1.96. The van der Waals surface area contributed by atoms with Gasteiger partial charge >= 0.3 is 5.97 Å². The highest BCUT2D eigenvalue weighted by molar-refractivity contribution is 5.96. The molecule has 0 aromatic heterocycles. The lowest BCUT2D eigenvalue weighted by atomic mass is 10.0. The fourth-order valence-corrected chi connectivity index (χ4v) is 1.86. The maximum atomic E-state index is 11.5. The van der Waals surface area contributed by atoms with Crippen LogP contribution in [-0.4, -0.2) is 16.9 Å². The Morgan fingerprint density at radius 2 is 1.26 bits per heavy atom. The number of carboxylic acid groups (broad SMARTS) is 1. The molecule has 1 N–H and O–H groups in total. The minimum absolute atomic E-state index is 0.118. The SMILES string of the molecule is CCC(=O)c1ccc(-c2ccc(C(=O)O)cc2)cc1. The highest BCUT2D eigenvalue weighted by atomic mass is 16.4. The smallest absolute Gasteiger partial charge is 0.335 e. The lowest BCUT2D eigenvalue weighted by Gasteiger charge is -2.04. The lowest BCUT2D eigenvalue weighted by molar-refractivity contribution is 0.0696. The van der Waals surface area contributed by atoms with E-state index in [9.17, 15) is 9.59 Å². The van der Waals surface area contributed by atoms with Crippen molar-refractivity contribution < 1.29 is 14.7 Å². The number of Topliss-reactive ketones (excluding diaryl/α,β-unsaturated/α-hetero) is 1. The molecule has 2 aromatic rings. The molecule has 0 radical (unpaired) electrons. The van der Waals surface area contributed by atoms with Gasteiger partial charge in [0.25, 0.3) is 0 Å². The zero-order valence-corrected chi connectivity index (χ0v) is 10.6. The average molecular weight is 254 g/mol. The average Bonchev–Trinajstić information content (AvgIpc) is 2.46. The van der Waals surface area contributed by atoms with Gasteiger partial charge in [-0.2, -0.15) is 0 Å². The van der Waals surface area contributed by atoms with Crippen LogP contribution in [0.5, 0.6) is 0 Å². The van der Waals surface area contributed by atoms with E-state index < -0.39 is 5.97 Å². The van der Waals surface area contributed by atoms with Gasteiger partial charge in [-0.05, 0) is 23.3 Å². The van der Waals surface area contributed by atoms with Gasteiger partial charge < -0.3 is 5.11 Å². The first-order valence-electron chi connectivity index (χ1n) is 6.09. The fraction of sp³-hybridized carbons (Fsp3) is 0.125. The largest absolute Gasteiger partial charge is 0.478 e. The molecule has 96 valence electrons. The third kappa shape index (κ3) is 2.88. The van der Waals surface area contributed by atoms with Gasteiger partial charge in [-0.1, -0.05) is 43.3 Å². The van der Waals surface area contributed by atoms with Gasteiger partial charge in [0.15, 0.2) is 5.78 Å². The summed E-state index contributed by atoms with van der Waals surface area (Å²) in [6, 6.07) is 14.0. The molecule has 0 saturated carbocycles. The van der Waals surface area contributed by atoms with Gasteiger partial charge in [0, 0.05) is 12.0 Å². The molecule has 3 heteroatoms. The Morgan fingerprint density at radius 3 is 1.63 bits per heavy atom. The predicted octanol–water partition coefficient (Wildman–Crippen LogP) is 3.64. The normalized spacial score (nSPS) is 10.2. The first-order valence-corrected chi connectivity index (χ1v) is 6.09. The van der Waals surface area contributed by atoms with E-state index in [1.165, 1.54) is 0 Å². The van der Waals surface area contributed by atoms with E-state index in [4.69, 9.17) is 5.11 Å².